The Kier molecular flexibility index (Phi) is 3.14. The Morgan fingerprint density at radius 3 is 2.77 bits per heavy atom. The molecule has 2 atom stereocenters. The molecule has 3 N–H and O–H groups in total. The van der Waals surface area contributed by atoms with Crippen molar-refractivity contribution in [2.24, 2.45) is 5.73 Å². The minimum atomic E-state index is -1.06. The van der Waals surface area contributed by atoms with E-state index in [-0.39, 0.29) is 18.2 Å². The third kappa shape index (κ3) is 1.45. The minimum absolute atomic E-state index is 0. The first-order valence-corrected chi connectivity index (χ1v) is 5.05. The van der Waals surface area contributed by atoms with Crippen molar-refractivity contribution in [3.05, 3.63) is 20.3 Å². The summed E-state index contributed by atoms with van der Waals surface area (Å²) in [5.41, 5.74) is 6.94. The summed E-state index contributed by atoms with van der Waals surface area (Å²) in [6, 6.07) is -0.562. The first-order chi connectivity index (χ1) is 5.63. The fraction of sp³-hybridized carbons (Fsp3) is 0.286. The van der Waals surface area contributed by atoms with Crippen LogP contribution in [-0.4, -0.2) is 17.0 Å². The summed E-state index contributed by atoms with van der Waals surface area (Å²) in [5, 5.41) is 11.0. The quantitative estimate of drug-likeness (QED) is 0.759. The summed E-state index contributed by atoms with van der Waals surface area (Å²) in [4.78, 5) is 11.3. The van der Waals surface area contributed by atoms with E-state index in [1.54, 1.807) is 5.38 Å². The van der Waals surface area contributed by atoms with E-state index >= 15 is 0 Å². The fourth-order valence-corrected chi connectivity index (χ4v) is 2.92. The summed E-state index contributed by atoms with van der Waals surface area (Å²) >= 11 is 4.71. The molecule has 0 saturated carbocycles. The highest BCUT2D eigenvalue weighted by Gasteiger charge is 2.38. The highest BCUT2D eigenvalue weighted by Crippen LogP contribution is 2.39. The Hall–Kier alpha value is 0.0600. The van der Waals surface area contributed by atoms with Gasteiger partial charge >= 0.3 is 0 Å². The second-order valence-corrected chi connectivity index (χ2v) is 4.87. The fourth-order valence-electron chi connectivity index (χ4n) is 1.33. The number of aliphatic hydroxyl groups excluding tert-OH is 1. The SMILES string of the molecule is Cl.NC1c2c(csc2Br)C(=O)C1O. The van der Waals surface area contributed by atoms with Gasteiger partial charge in [-0.05, 0) is 15.9 Å². The molecule has 1 aromatic rings. The molecule has 0 amide bonds. The Labute approximate surface area is 93.5 Å². The van der Waals surface area contributed by atoms with Gasteiger partial charge in [-0.2, -0.15) is 0 Å². The number of ketones is 1. The molecule has 1 aliphatic carbocycles. The number of aliphatic hydroxyl groups is 1. The average Bonchev–Trinajstić information content (AvgIpc) is 2.51. The van der Waals surface area contributed by atoms with E-state index in [9.17, 15) is 9.90 Å². The van der Waals surface area contributed by atoms with Gasteiger partial charge in [-0.25, -0.2) is 0 Å². The van der Waals surface area contributed by atoms with Gasteiger partial charge in [0.15, 0.2) is 5.78 Å². The molecule has 0 radical (unpaired) electrons. The molecule has 0 aromatic carbocycles. The lowest BCUT2D eigenvalue weighted by Gasteiger charge is -2.06. The molecule has 0 fully saturated rings. The molecular weight excluding hydrogens is 278 g/mol. The molecule has 13 heavy (non-hydrogen) atoms. The summed E-state index contributed by atoms with van der Waals surface area (Å²) in [6.07, 6.45) is -1.06. The van der Waals surface area contributed by atoms with Crippen molar-refractivity contribution in [3.63, 3.8) is 0 Å². The van der Waals surface area contributed by atoms with E-state index in [1.807, 2.05) is 0 Å². The van der Waals surface area contributed by atoms with Crippen molar-refractivity contribution in [1.29, 1.82) is 0 Å². The molecule has 1 aromatic heterocycles. The molecule has 72 valence electrons. The molecule has 6 heteroatoms. The van der Waals surface area contributed by atoms with Gasteiger partial charge in [0.25, 0.3) is 0 Å². The Morgan fingerprint density at radius 2 is 2.23 bits per heavy atom. The van der Waals surface area contributed by atoms with Gasteiger partial charge in [0.2, 0.25) is 0 Å². The predicted octanol–water partition coefficient (Wildman–Crippen LogP) is 1.49. The molecule has 3 nitrogen and oxygen atoms in total. The first kappa shape index (κ1) is 11.1. The number of carbonyl (C=O) groups excluding carboxylic acids is 1. The molecule has 2 unspecified atom stereocenters. The number of thiophene rings is 1. The van der Waals surface area contributed by atoms with E-state index < -0.39 is 12.1 Å². The van der Waals surface area contributed by atoms with Crippen molar-refractivity contribution < 1.29 is 9.90 Å². The number of nitrogens with two attached hydrogens (primary N) is 1. The van der Waals surface area contributed by atoms with Crippen LogP contribution in [0.15, 0.2) is 9.17 Å². The summed E-state index contributed by atoms with van der Waals surface area (Å²) in [5.74, 6) is -0.264. The number of fused-ring (bicyclic) bond motifs is 1. The van der Waals surface area contributed by atoms with Crippen LogP contribution in [-0.2, 0) is 0 Å². The van der Waals surface area contributed by atoms with Gasteiger partial charge in [-0.1, -0.05) is 0 Å². The average molecular weight is 285 g/mol. The third-order valence-electron chi connectivity index (χ3n) is 1.99. The maximum atomic E-state index is 11.3. The molecular formula is C7H7BrClNO2S. The Balaban J connectivity index is 0.000000845. The molecule has 1 heterocycles. The monoisotopic (exact) mass is 283 g/mol. The van der Waals surface area contributed by atoms with Crippen LogP contribution >= 0.6 is 39.7 Å². The normalized spacial score (nSPS) is 25.6. The van der Waals surface area contributed by atoms with Gasteiger partial charge in [0.05, 0.1) is 9.83 Å². The van der Waals surface area contributed by atoms with E-state index in [1.165, 1.54) is 11.3 Å². The van der Waals surface area contributed by atoms with Gasteiger partial charge < -0.3 is 10.8 Å². The topological polar surface area (TPSA) is 63.3 Å². The first-order valence-electron chi connectivity index (χ1n) is 3.37. The second kappa shape index (κ2) is 3.67. The number of rotatable bonds is 0. The number of hydrogen-bond donors (Lipinski definition) is 2. The van der Waals surface area contributed by atoms with Crippen molar-refractivity contribution >= 4 is 45.5 Å². The lowest BCUT2D eigenvalue weighted by molar-refractivity contribution is 0.0736. The third-order valence-corrected chi connectivity index (χ3v) is 3.76. The van der Waals surface area contributed by atoms with Crippen LogP contribution < -0.4 is 5.73 Å². The largest absolute Gasteiger partial charge is 0.383 e. The van der Waals surface area contributed by atoms with E-state index in [0.29, 0.717) is 5.56 Å². The highest BCUT2D eigenvalue weighted by molar-refractivity contribution is 9.11. The summed E-state index contributed by atoms with van der Waals surface area (Å²) < 4.78 is 0.843. The zero-order valence-corrected chi connectivity index (χ0v) is 9.58. The van der Waals surface area contributed by atoms with Crippen LogP contribution in [0, 0.1) is 0 Å². The molecule has 0 aliphatic heterocycles. The maximum absolute atomic E-state index is 11.3. The van der Waals surface area contributed by atoms with Crippen LogP contribution in [0.2, 0.25) is 0 Å². The van der Waals surface area contributed by atoms with Crippen LogP contribution in [0.4, 0.5) is 0 Å². The second-order valence-electron chi connectivity index (χ2n) is 2.67. The highest BCUT2D eigenvalue weighted by atomic mass is 79.9. The van der Waals surface area contributed by atoms with Crippen molar-refractivity contribution in [3.8, 4) is 0 Å². The van der Waals surface area contributed by atoms with Crippen LogP contribution in [0.5, 0.6) is 0 Å². The molecule has 0 saturated heterocycles. The smallest absolute Gasteiger partial charge is 0.194 e. The lowest BCUT2D eigenvalue weighted by atomic mass is 10.2. The van der Waals surface area contributed by atoms with Crippen molar-refractivity contribution in [1.82, 2.24) is 0 Å². The molecule has 0 spiro atoms. The summed E-state index contributed by atoms with van der Waals surface area (Å²) in [7, 11) is 0. The molecule has 0 bridgehead atoms. The van der Waals surface area contributed by atoms with E-state index in [0.717, 1.165) is 9.35 Å². The Bertz CT molecular complexity index is 354. The Morgan fingerprint density at radius 1 is 1.62 bits per heavy atom. The predicted molar refractivity (Wildman–Crippen MR) is 56.5 cm³/mol. The zero-order valence-electron chi connectivity index (χ0n) is 6.36. The zero-order chi connectivity index (χ0) is 8.88. The van der Waals surface area contributed by atoms with Crippen molar-refractivity contribution in [2.75, 3.05) is 0 Å². The number of hydrogen-bond acceptors (Lipinski definition) is 4. The van der Waals surface area contributed by atoms with Crippen LogP contribution in [0.1, 0.15) is 22.0 Å². The van der Waals surface area contributed by atoms with Gasteiger partial charge in [0.1, 0.15) is 6.10 Å². The van der Waals surface area contributed by atoms with Crippen molar-refractivity contribution in [2.45, 2.75) is 12.1 Å². The number of halogens is 2. The van der Waals surface area contributed by atoms with Gasteiger partial charge in [0, 0.05) is 16.5 Å². The van der Waals surface area contributed by atoms with Gasteiger partial charge in [-0.15, -0.1) is 23.7 Å². The summed E-state index contributed by atoms with van der Waals surface area (Å²) in [6.45, 7) is 0. The molecule has 2 rings (SSSR count). The van der Waals surface area contributed by atoms with Crippen LogP contribution in [0.25, 0.3) is 0 Å². The van der Waals surface area contributed by atoms with Crippen LogP contribution in [0.3, 0.4) is 0 Å². The standard InChI is InChI=1S/C7H6BrNO2S.ClH/c8-7-3-2(1-12-7)5(10)6(11)4(3)9;/h1,4,6,11H,9H2;1H. The minimum Gasteiger partial charge on any atom is -0.383 e. The molecule has 1 aliphatic rings. The van der Waals surface area contributed by atoms with E-state index in [2.05, 4.69) is 15.9 Å². The number of carbonyl (C=O) groups is 1. The maximum Gasteiger partial charge on any atom is 0.194 e. The lowest BCUT2D eigenvalue weighted by Crippen LogP contribution is -2.25. The number of Topliss-reactive ketones (excluding diaryl/α,β-unsaturated/α-hetero) is 1. The van der Waals surface area contributed by atoms with Gasteiger partial charge in [-0.3, -0.25) is 4.79 Å². The van der Waals surface area contributed by atoms with E-state index in [4.69, 9.17) is 5.73 Å².